The fourth-order valence-electron chi connectivity index (χ4n) is 2.90. The maximum atomic E-state index is 12.4. The number of nitrogens with one attached hydrogen (secondary N) is 1. The molecule has 0 aliphatic carbocycles. The SMILES string of the molecule is CCn1c(=O)n(CC)c2cc([N+](=O)[O-])c(NC(=O)c3cccnc3)cc21. The van der Waals surface area contributed by atoms with Crippen molar-refractivity contribution in [3.8, 4) is 0 Å². The Morgan fingerprint density at radius 1 is 1.23 bits per heavy atom. The molecule has 0 bridgehead atoms. The highest BCUT2D eigenvalue weighted by atomic mass is 16.6. The zero-order chi connectivity index (χ0) is 18.8. The van der Waals surface area contributed by atoms with E-state index in [0.29, 0.717) is 24.1 Å². The van der Waals surface area contributed by atoms with Gasteiger partial charge >= 0.3 is 5.69 Å². The zero-order valence-electron chi connectivity index (χ0n) is 14.3. The molecule has 2 aromatic heterocycles. The number of rotatable bonds is 5. The Labute approximate surface area is 148 Å². The molecule has 0 fully saturated rings. The first-order valence-corrected chi connectivity index (χ1v) is 8.10. The Hall–Kier alpha value is -3.49. The third-order valence-electron chi connectivity index (χ3n) is 4.14. The number of carbonyl (C=O) groups is 1. The molecule has 3 aromatic rings. The molecule has 0 saturated heterocycles. The summed E-state index contributed by atoms with van der Waals surface area (Å²) in [4.78, 5) is 39.6. The minimum atomic E-state index is -0.577. The molecule has 134 valence electrons. The second-order valence-corrected chi connectivity index (χ2v) is 5.58. The van der Waals surface area contributed by atoms with Gasteiger partial charge in [-0.05, 0) is 32.0 Å². The Morgan fingerprint density at radius 2 is 1.88 bits per heavy atom. The van der Waals surface area contributed by atoms with Crippen LogP contribution in [0.3, 0.4) is 0 Å². The summed E-state index contributed by atoms with van der Waals surface area (Å²) in [5.74, 6) is -0.513. The molecule has 1 N–H and O–H groups in total. The van der Waals surface area contributed by atoms with E-state index < -0.39 is 10.8 Å². The van der Waals surface area contributed by atoms with Gasteiger partial charge in [-0.1, -0.05) is 0 Å². The molecule has 0 radical (unpaired) electrons. The van der Waals surface area contributed by atoms with E-state index in [2.05, 4.69) is 10.3 Å². The van der Waals surface area contributed by atoms with Gasteiger partial charge in [0.25, 0.3) is 11.6 Å². The van der Waals surface area contributed by atoms with Crippen molar-refractivity contribution in [2.24, 2.45) is 0 Å². The van der Waals surface area contributed by atoms with Crippen molar-refractivity contribution in [2.75, 3.05) is 5.32 Å². The number of imidazole rings is 1. The van der Waals surface area contributed by atoms with E-state index in [1.807, 2.05) is 6.92 Å². The Morgan fingerprint density at radius 3 is 2.42 bits per heavy atom. The Balaban J connectivity index is 2.18. The van der Waals surface area contributed by atoms with E-state index in [9.17, 15) is 19.7 Å². The Bertz CT molecular complexity index is 1050. The fourth-order valence-corrected chi connectivity index (χ4v) is 2.90. The summed E-state index contributed by atoms with van der Waals surface area (Å²) in [5.41, 5.74) is 0.796. The number of amides is 1. The number of hydrogen-bond acceptors (Lipinski definition) is 5. The molecule has 1 aromatic carbocycles. The van der Waals surface area contributed by atoms with Crippen LogP contribution < -0.4 is 11.0 Å². The van der Waals surface area contributed by atoms with Gasteiger partial charge in [-0.25, -0.2) is 4.79 Å². The first kappa shape index (κ1) is 17.3. The molecule has 0 atom stereocenters. The molecule has 2 heterocycles. The van der Waals surface area contributed by atoms with Crippen LogP contribution in [0.15, 0.2) is 41.5 Å². The van der Waals surface area contributed by atoms with Crippen molar-refractivity contribution in [3.05, 3.63) is 62.8 Å². The van der Waals surface area contributed by atoms with E-state index in [4.69, 9.17) is 0 Å². The number of aromatic nitrogens is 3. The normalized spacial score (nSPS) is 10.8. The average Bonchev–Trinajstić information content (AvgIpc) is 2.91. The second kappa shape index (κ2) is 6.79. The first-order chi connectivity index (χ1) is 12.5. The third kappa shape index (κ3) is 2.83. The summed E-state index contributed by atoms with van der Waals surface area (Å²) >= 11 is 0. The Kier molecular flexibility index (Phi) is 4.53. The molecule has 0 unspecified atom stereocenters. The van der Waals surface area contributed by atoms with Gasteiger partial charge in [-0.2, -0.15) is 0 Å². The van der Waals surface area contributed by atoms with Gasteiger partial charge in [0.1, 0.15) is 5.69 Å². The average molecular weight is 355 g/mol. The monoisotopic (exact) mass is 355 g/mol. The van der Waals surface area contributed by atoms with Gasteiger partial charge in [0.2, 0.25) is 0 Å². The highest BCUT2D eigenvalue weighted by Crippen LogP contribution is 2.30. The van der Waals surface area contributed by atoms with Crippen LogP contribution in [0.25, 0.3) is 11.0 Å². The van der Waals surface area contributed by atoms with E-state index in [1.165, 1.54) is 33.7 Å². The lowest BCUT2D eigenvalue weighted by Crippen LogP contribution is -2.23. The van der Waals surface area contributed by atoms with Crippen LogP contribution in [-0.2, 0) is 13.1 Å². The van der Waals surface area contributed by atoms with Crippen LogP contribution >= 0.6 is 0 Å². The second-order valence-electron chi connectivity index (χ2n) is 5.58. The molecule has 26 heavy (non-hydrogen) atoms. The minimum absolute atomic E-state index is 0.0341. The number of nitro groups is 1. The van der Waals surface area contributed by atoms with Gasteiger partial charge in [-0.15, -0.1) is 0 Å². The largest absolute Gasteiger partial charge is 0.329 e. The number of carbonyl (C=O) groups excluding carboxylic acids is 1. The molecule has 3 rings (SSSR count). The number of pyridine rings is 1. The first-order valence-electron chi connectivity index (χ1n) is 8.10. The maximum absolute atomic E-state index is 12.4. The van der Waals surface area contributed by atoms with Gasteiger partial charge in [-0.3, -0.25) is 29.0 Å². The zero-order valence-corrected chi connectivity index (χ0v) is 14.3. The molecule has 9 nitrogen and oxygen atoms in total. The topological polar surface area (TPSA) is 112 Å². The molecule has 0 spiro atoms. The maximum Gasteiger partial charge on any atom is 0.329 e. The highest BCUT2D eigenvalue weighted by Gasteiger charge is 2.22. The quantitative estimate of drug-likeness (QED) is 0.558. The molecule has 0 saturated carbocycles. The van der Waals surface area contributed by atoms with E-state index >= 15 is 0 Å². The molecule has 1 amide bonds. The molecule has 0 aliphatic rings. The van der Waals surface area contributed by atoms with Crippen LogP contribution in [0, 0.1) is 10.1 Å². The van der Waals surface area contributed by atoms with E-state index in [1.54, 1.807) is 19.1 Å². The van der Waals surface area contributed by atoms with E-state index in [-0.39, 0.29) is 22.6 Å². The summed E-state index contributed by atoms with van der Waals surface area (Å²) in [6.45, 7) is 4.41. The number of aryl methyl sites for hydroxylation is 2. The number of nitrogens with zero attached hydrogens (tertiary/aromatic N) is 4. The number of benzene rings is 1. The van der Waals surface area contributed by atoms with Crippen molar-refractivity contribution >= 4 is 28.3 Å². The standard InChI is InChI=1S/C17H17N5O4/c1-3-20-14-8-12(19-16(23)11-6-5-7-18-10-11)13(22(25)26)9-15(14)21(4-2)17(20)24/h5-10H,3-4H2,1-2H3,(H,19,23). The van der Waals surface area contributed by atoms with Crippen molar-refractivity contribution in [3.63, 3.8) is 0 Å². The van der Waals surface area contributed by atoms with Gasteiger partial charge < -0.3 is 5.32 Å². The van der Waals surface area contributed by atoms with Crippen LogP contribution in [0.5, 0.6) is 0 Å². The summed E-state index contributed by atoms with van der Waals surface area (Å²) in [6, 6.07) is 5.95. The lowest BCUT2D eigenvalue weighted by Gasteiger charge is -2.08. The number of fused-ring (bicyclic) bond motifs is 1. The summed E-state index contributed by atoms with van der Waals surface area (Å²) < 4.78 is 2.99. The summed E-state index contributed by atoms with van der Waals surface area (Å²) in [7, 11) is 0. The smallest absolute Gasteiger partial charge is 0.316 e. The summed E-state index contributed by atoms with van der Waals surface area (Å²) in [6.07, 6.45) is 2.90. The number of nitro benzene ring substituents is 1. The molecular formula is C17H17N5O4. The molecule has 0 aliphatic heterocycles. The number of hydrogen-bond donors (Lipinski definition) is 1. The van der Waals surface area contributed by atoms with Crippen LogP contribution in [0.2, 0.25) is 0 Å². The lowest BCUT2D eigenvalue weighted by molar-refractivity contribution is -0.383. The van der Waals surface area contributed by atoms with Crippen LogP contribution in [0.4, 0.5) is 11.4 Å². The van der Waals surface area contributed by atoms with Crippen molar-refractivity contribution in [2.45, 2.75) is 26.9 Å². The van der Waals surface area contributed by atoms with Gasteiger partial charge in [0, 0.05) is 31.5 Å². The predicted molar refractivity (Wildman–Crippen MR) is 96.4 cm³/mol. The highest BCUT2D eigenvalue weighted by molar-refractivity contribution is 6.06. The van der Waals surface area contributed by atoms with E-state index in [0.717, 1.165) is 0 Å². The van der Waals surface area contributed by atoms with Crippen LogP contribution in [0.1, 0.15) is 24.2 Å². The number of anilines is 1. The predicted octanol–water partition coefficient (Wildman–Crippen LogP) is 2.40. The van der Waals surface area contributed by atoms with Gasteiger partial charge in [0.05, 0.1) is 21.5 Å². The minimum Gasteiger partial charge on any atom is -0.316 e. The third-order valence-corrected chi connectivity index (χ3v) is 4.14. The summed E-state index contributed by atoms with van der Waals surface area (Å²) in [5, 5.41) is 14.0. The molecule has 9 heteroatoms. The molecular weight excluding hydrogens is 338 g/mol. The van der Waals surface area contributed by atoms with Crippen molar-refractivity contribution in [1.82, 2.24) is 14.1 Å². The van der Waals surface area contributed by atoms with Crippen LogP contribution in [-0.4, -0.2) is 24.9 Å². The lowest BCUT2D eigenvalue weighted by atomic mass is 10.2. The van der Waals surface area contributed by atoms with Gasteiger partial charge in [0.15, 0.2) is 0 Å². The van der Waals surface area contributed by atoms with Crippen molar-refractivity contribution in [1.29, 1.82) is 0 Å². The fraction of sp³-hybridized carbons (Fsp3) is 0.235. The van der Waals surface area contributed by atoms with Crippen molar-refractivity contribution < 1.29 is 9.72 Å².